The van der Waals surface area contributed by atoms with Crippen LogP contribution in [0.3, 0.4) is 0 Å². The molecule has 0 N–H and O–H groups in total. The highest BCUT2D eigenvalue weighted by molar-refractivity contribution is 5.20. The summed E-state index contributed by atoms with van der Waals surface area (Å²) < 4.78 is 40.2. The maximum atomic E-state index is 11.9. The molecule has 0 aromatic carbocycles. The van der Waals surface area contributed by atoms with Crippen LogP contribution < -0.4 is 4.74 Å². The number of rotatable bonds is 3. The number of nitrogens with zero attached hydrogens (tertiary/aromatic N) is 2. The van der Waals surface area contributed by atoms with E-state index in [4.69, 9.17) is 0 Å². The fourth-order valence-electron chi connectivity index (χ4n) is 1.24. The molecule has 6 heteroatoms. The highest BCUT2D eigenvalue weighted by Crippen LogP contribution is 2.20. The summed E-state index contributed by atoms with van der Waals surface area (Å²) in [5.41, 5.74) is 1.54. The first-order chi connectivity index (χ1) is 7.29. The Labute approximate surface area is 91.7 Å². The van der Waals surface area contributed by atoms with Gasteiger partial charge in [0.2, 0.25) is 0 Å². The van der Waals surface area contributed by atoms with Crippen LogP contribution in [0, 0.1) is 6.92 Å². The van der Waals surface area contributed by atoms with Crippen molar-refractivity contribution in [3.05, 3.63) is 17.5 Å². The summed E-state index contributed by atoms with van der Waals surface area (Å²) in [5.74, 6) is 0.122. The Bertz CT molecular complexity index is 364. The number of aromatic nitrogens is 2. The second kappa shape index (κ2) is 4.67. The smallest absolute Gasteiger partial charge is 0.422 e. The van der Waals surface area contributed by atoms with Crippen LogP contribution in [0.4, 0.5) is 13.2 Å². The molecule has 0 radical (unpaired) electrons. The molecule has 90 valence electrons. The monoisotopic (exact) mass is 234 g/mol. The van der Waals surface area contributed by atoms with Crippen molar-refractivity contribution in [2.45, 2.75) is 32.9 Å². The summed E-state index contributed by atoms with van der Waals surface area (Å²) in [6.45, 7) is 4.25. The Balaban J connectivity index is 2.79. The van der Waals surface area contributed by atoms with Crippen molar-refractivity contribution in [1.82, 2.24) is 9.97 Å². The van der Waals surface area contributed by atoms with Gasteiger partial charge in [-0.2, -0.15) is 18.2 Å². The van der Waals surface area contributed by atoms with Gasteiger partial charge >= 0.3 is 12.2 Å². The van der Waals surface area contributed by atoms with E-state index in [1.807, 2.05) is 20.8 Å². The average Bonchev–Trinajstić information content (AvgIpc) is 2.14. The van der Waals surface area contributed by atoms with Gasteiger partial charge in [-0.3, -0.25) is 0 Å². The number of hydrogen-bond donors (Lipinski definition) is 0. The first kappa shape index (κ1) is 12.7. The number of hydrogen-bond acceptors (Lipinski definition) is 3. The van der Waals surface area contributed by atoms with Crippen LogP contribution in [0.25, 0.3) is 0 Å². The van der Waals surface area contributed by atoms with Crippen LogP contribution in [0.15, 0.2) is 6.20 Å². The van der Waals surface area contributed by atoms with Crippen molar-refractivity contribution in [3.8, 4) is 6.01 Å². The third kappa shape index (κ3) is 3.67. The number of alkyl halides is 3. The Morgan fingerprint density at radius 3 is 2.50 bits per heavy atom. The molecule has 0 saturated carbocycles. The van der Waals surface area contributed by atoms with E-state index in [2.05, 4.69) is 14.7 Å². The van der Waals surface area contributed by atoms with E-state index in [0.717, 1.165) is 5.56 Å². The quantitative estimate of drug-likeness (QED) is 0.806. The summed E-state index contributed by atoms with van der Waals surface area (Å²) in [5, 5.41) is 0. The first-order valence-corrected chi connectivity index (χ1v) is 4.82. The summed E-state index contributed by atoms with van der Waals surface area (Å²) >= 11 is 0. The highest BCUT2D eigenvalue weighted by Gasteiger charge is 2.29. The fourth-order valence-corrected chi connectivity index (χ4v) is 1.24. The Kier molecular flexibility index (Phi) is 3.72. The van der Waals surface area contributed by atoms with E-state index in [9.17, 15) is 13.2 Å². The minimum absolute atomic E-state index is 0.122. The fraction of sp³-hybridized carbons (Fsp3) is 0.600. The van der Waals surface area contributed by atoms with Gasteiger partial charge in [-0.05, 0) is 18.4 Å². The molecule has 0 spiro atoms. The highest BCUT2D eigenvalue weighted by atomic mass is 19.4. The number of halogens is 3. The van der Waals surface area contributed by atoms with E-state index in [0.29, 0.717) is 5.69 Å². The molecule has 0 aliphatic rings. The lowest BCUT2D eigenvalue weighted by atomic mass is 10.1. The lowest BCUT2D eigenvalue weighted by molar-refractivity contribution is -0.154. The normalized spacial score (nSPS) is 11.9. The Hall–Kier alpha value is -1.33. The van der Waals surface area contributed by atoms with E-state index in [-0.39, 0.29) is 11.9 Å². The van der Waals surface area contributed by atoms with Crippen molar-refractivity contribution in [2.75, 3.05) is 6.61 Å². The second-order valence-corrected chi connectivity index (χ2v) is 3.78. The van der Waals surface area contributed by atoms with E-state index >= 15 is 0 Å². The maximum Gasteiger partial charge on any atom is 0.422 e. The zero-order valence-electron chi connectivity index (χ0n) is 9.30. The minimum Gasteiger partial charge on any atom is -0.454 e. The Morgan fingerprint density at radius 1 is 1.38 bits per heavy atom. The lowest BCUT2D eigenvalue weighted by Crippen LogP contribution is -2.20. The first-order valence-electron chi connectivity index (χ1n) is 4.82. The molecular formula is C10H13F3N2O. The van der Waals surface area contributed by atoms with Gasteiger partial charge < -0.3 is 4.74 Å². The van der Waals surface area contributed by atoms with Crippen LogP contribution in [0.2, 0.25) is 0 Å². The molecule has 0 unspecified atom stereocenters. The molecule has 16 heavy (non-hydrogen) atoms. The molecule has 3 nitrogen and oxygen atoms in total. The van der Waals surface area contributed by atoms with E-state index in [1.54, 1.807) is 0 Å². The van der Waals surface area contributed by atoms with Gasteiger partial charge in [-0.15, -0.1) is 0 Å². The molecule has 0 amide bonds. The van der Waals surface area contributed by atoms with Crippen LogP contribution in [0.1, 0.15) is 31.0 Å². The molecule has 0 aliphatic heterocycles. The van der Waals surface area contributed by atoms with Crippen molar-refractivity contribution >= 4 is 0 Å². The molecule has 1 aromatic heterocycles. The van der Waals surface area contributed by atoms with Gasteiger partial charge in [0.05, 0.1) is 5.69 Å². The Morgan fingerprint density at radius 2 is 2.00 bits per heavy atom. The topological polar surface area (TPSA) is 35.0 Å². The van der Waals surface area contributed by atoms with E-state index < -0.39 is 12.8 Å². The second-order valence-electron chi connectivity index (χ2n) is 3.78. The van der Waals surface area contributed by atoms with Crippen LogP contribution in [-0.4, -0.2) is 22.8 Å². The lowest BCUT2D eigenvalue weighted by Gasteiger charge is -2.11. The molecule has 0 atom stereocenters. The van der Waals surface area contributed by atoms with Crippen molar-refractivity contribution in [1.29, 1.82) is 0 Å². The summed E-state index contributed by atoms with van der Waals surface area (Å²) in [4.78, 5) is 7.63. The summed E-state index contributed by atoms with van der Waals surface area (Å²) in [6, 6.07) is -0.230. The predicted molar refractivity (Wildman–Crippen MR) is 52.4 cm³/mol. The minimum atomic E-state index is -4.37. The van der Waals surface area contributed by atoms with Crippen molar-refractivity contribution in [3.63, 3.8) is 0 Å². The average molecular weight is 234 g/mol. The molecule has 1 heterocycles. The maximum absolute atomic E-state index is 11.9. The van der Waals surface area contributed by atoms with Crippen molar-refractivity contribution in [2.24, 2.45) is 0 Å². The molecule has 0 aliphatic carbocycles. The van der Waals surface area contributed by atoms with Gasteiger partial charge in [0, 0.05) is 6.20 Å². The third-order valence-electron chi connectivity index (χ3n) is 1.90. The number of ether oxygens (including phenoxy) is 1. The molecule has 0 saturated heterocycles. The van der Waals surface area contributed by atoms with Crippen LogP contribution in [-0.2, 0) is 0 Å². The van der Waals surface area contributed by atoms with Gasteiger partial charge in [0.1, 0.15) is 0 Å². The molecule has 1 aromatic rings. The summed E-state index contributed by atoms with van der Waals surface area (Å²) in [6.07, 6.45) is -2.90. The zero-order chi connectivity index (χ0) is 12.3. The SMILES string of the molecule is Cc1cnc(OCC(F)(F)F)nc1C(C)C. The molecule has 0 bridgehead atoms. The van der Waals surface area contributed by atoms with Gasteiger partial charge in [0.15, 0.2) is 6.61 Å². The van der Waals surface area contributed by atoms with Gasteiger partial charge in [0.25, 0.3) is 0 Å². The molecular weight excluding hydrogens is 221 g/mol. The number of aryl methyl sites for hydroxylation is 1. The van der Waals surface area contributed by atoms with Gasteiger partial charge in [-0.25, -0.2) is 4.98 Å². The van der Waals surface area contributed by atoms with E-state index in [1.165, 1.54) is 6.20 Å². The molecule has 0 fully saturated rings. The standard InChI is InChI=1S/C10H13F3N2O/c1-6(2)8-7(3)4-14-9(15-8)16-5-10(11,12)13/h4,6H,5H2,1-3H3. The zero-order valence-corrected chi connectivity index (χ0v) is 9.30. The van der Waals surface area contributed by atoms with Crippen LogP contribution in [0.5, 0.6) is 6.01 Å². The van der Waals surface area contributed by atoms with Crippen molar-refractivity contribution < 1.29 is 17.9 Å². The third-order valence-corrected chi connectivity index (χ3v) is 1.90. The summed E-state index contributed by atoms with van der Waals surface area (Å²) in [7, 11) is 0. The molecule has 1 rings (SSSR count). The predicted octanol–water partition coefficient (Wildman–Crippen LogP) is 2.85. The van der Waals surface area contributed by atoms with Crippen LogP contribution >= 0.6 is 0 Å². The largest absolute Gasteiger partial charge is 0.454 e. The van der Waals surface area contributed by atoms with Gasteiger partial charge in [-0.1, -0.05) is 13.8 Å².